The third-order valence-corrected chi connectivity index (χ3v) is 6.78. The molecule has 9 heteroatoms. The van der Waals surface area contributed by atoms with Crippen LogP contribution in [0.3, 0.4) is 0 Å². The molecule has 2 aromatic heterocycles. The Balaban J connectivity index is 1.50. The molecule has 0 saturated carbocycles. The molecule has 1 N–H and O–H groups in total. The summed E-state index contributed by atoms with van der Waals surface area (Å²) in [6.45, 7) is 9.18. The average molecular weight is 459 g/mol. The molecule has 0 aromatic carbocycles. The summed E-state index contributed by atoms with van der Waals surface area (Å²) in [5.41, 5.74) is 0.839. The molecular formula is C23H30N4O4S. The smallest absolute Gasteiger partial charge is 0.329 e. The molecule has 1 amide bonds. The number of thiophene rings is 1. The standard InChI is InChI=1S/C23H30N4O4S/c1-14(21(29)31-23(2,3)4)27-10-6-18-16(20(27)28)13-19(32-18)17-5-9-24-22(26-17)25-15-7-11-30-12-8-15/h5,9,13-15H,6-8,10-12H2,1-4H3,(H,24,25,26). The molecule has 1 atom stereocenters. The van der Waals surface area contributed by atoms with Crippen LogP contribution in [0.1, 0.15) is 55.8 Å². The van der Waals surface area contributed by atoms with Gasteiger partial charge in [0.05, 0.1) is 16.1 Å². The molecule has 32 heavy (non-hydrogen) atoms. The molecule has 4 heterocycles. The van der Waals surface area contributed by atoms with Gasteiger partial charge in [-0.25, -0.2) is 14.8 Å². The van der Waals surface area contributed by atoms with E-state index in [0.717, 1.165) is 41.5 Å². The predicted octanol–water partition coefficient (Wildman–Crippen LogP) is 3.52. The highest BCUT2D eigenvalue weighted by molar-refractivity contribution is 7.15. The zero-order chi connectivity index (χ0) is 22.9. The lowest BCUT2D eigenvalue weighted by atomic mass is 10.1. The van der Waals surface area contributed by atoms with E-state index < -0.39 is 11.6 Å². The van der Waals surface area contributed by atoms with E-state index in [1.165, 1.54) is 0 Å². The van der Waals surface area contributed by atoms with Gasteiger partial charge in [0.15, 0.2) is 0 Å². The van der Waals surface area contributed by atoms with Gasteiger partial charge in [-0.1, -0.05) is 0 Å². The molecule has 4 rings (SSSR count). The van der Waals surface area contributed by atoms with Crippen LogP contribution in [0.25, 0.3) is 10.6 Å². The monoisotopic (exact) mass is 458 g/mol. The van der Waals surface area contributed by atoms with Gasteiger partial charge >= 0.3 is 5.97 Å². The number of ether oxygens (including phenoxy) is 2. The van der Waals surface area contributed by atoms with Gasteiger partial charge < -0.3 is 19.7 Å². The van der Waals surface area contributed by atoms with Crippen molar-refractivity contribution in [3.63, 3.8) is 0 Å². The molecule has 1 fully saturated rings. The van der Waals surface area contributed by atoms with Crippen molar-refractivity contribution in [3.05, 3.63) is 28.8 Å². The highest BCUT2D eigenvalue weighted by Gasteiger charge is 2.35. The lowest BCUT2D eigenvalue weighted by molar-refractivity contribution is -0.159. The SMILES string of the molecule is CC(C(=O)OC(C)(C)C)N1CCc2sc(-c3ccnc(NC4CCOCC4)n3)cc2C1=O. The summed E-state index contributed by atoms with van der Waals surface area (Å²) in [5, 5.41) is 3.39. The second kappa shape index (κ2) is 9.15. The molecule has 172 valence electrons. The Labute approximate surface area is 192 Å². The fourth-order valence-corrected chi connectivity index (χ4v) is 4.98. The minimum atomic E-state index is -0.632. The van der Waals surface area contributed by atoms with Gasteiger partial charge in [0.1, 0.15) is 11.6 Å². The first kappa shape index (κ1) is 22.7. The summed E-state index contributed by atoms with van der Waals surface area (Å²) < 4.78 is 10.9. The summed E-state index contributed by atoms with van der Waals surface area (Å²) in [6, 6.07) is 3.42. The normalized spacial score (nSPS) is 18.2. The van der Waals surface area contributed by atoms with Gasteiger partial charge in [-0.3, -0.25) is 4.79 Å². The van der Waals surface area contributed by atoms with E-state index in [1.807, 2.05) is 32.9 Å². The maximum absolute atomic E-state index is 13.2. The number of rotatable bonds is 5. The lowest BCUT2D eigenvalue weighted by Crippen LogP contribution is -2.48. The van der Waals surface area contributed by atoms with Gasteiger partial charge in [-0.2, -0.15) is 0 Å². The number of nitrogens with zero attached hydrogens (tertiary/aromatic N) is 3. The highest BCUT2D eigenvalue weighted by Crippen LogP contribution is 2.35. The second-order valence-corrected chi connectivity index (χ2v) is 10.3. The van der Waals surface area contributed by atoms with Gasteiger partial charge in [0.2, 0.25) is 5.95 Å². The van der Waals surface area contributed by atoms with E-state index in [9.17, 15) is 9.59 Å². The highest BCUT2D eigenvalue weighted by atomic mass is 32.1. The van der Waals surface area contributed by atoms with Crippen molar-refractivity contribution in [1.82, 2.24) is 14.9 Å². The largest absolute Gasteiger partial charge is 0.458 e. The number of hydrogen-bond donors (Lipinski definition) is 1. The Bertz CT molecular complexity index is 994. The maximum atomic E-state index is 13.2. The minimum absolute atomic E-state index is 0.137. The van der Waals surface area contributed by atoms with Crippen molar-refractivity contribution in [1.29, 1.82) is 0 Å². The van der Waals surface area contributed by atoms with Gasteiger partial charge in [0.25, 0.3) is 5.91 Å². The fourth-order valence-electron chi connectivity index (χ4n) is 3.87. The first-order chi connectivity index (χ1) is 15.2. The lowest BCUT2D eigenvalue weighted by Gasteiger charge is -2.32. The summed E-state index contributed by atoms with van der Waals surface area (Å²) in [7, 11) is 0. The van der Waals surface area contributed by atoms with Crippen LogP contribution >= 0.6 is 11.3 Å². The van der Waals surface area contributed by atoms with Crippen molar-refractivity contribution < 1.29 is 19.1 Å². The number of aromatic nitrogens is 2. The zero-order valence-electron chi connectivity index (χ0n) is 19.0. The Morgan fingerprint density at radius 1 is 1.34 bits per heavy atom. The van der Waals surface area contributed by atoms with E-state index in [-0.39, 0.29) is 11.9 Å². The second-order valence-electron chi connectivity index (χ2n) is 9.20. The van der Waals surface area contributed by atoms with Crippen LogP contribution in [-0.4, -0.2) is 64.2 Å². The fraction of sp³-hybridized carbons (Fsp3) is 0.565. The number of carbonyl (C=O) groups excluding carboxylic acids is 2. The van der Waals surface area contributed by atoms with Gasteiger partial charge in [0, 0.05) is 43.3 Å². The number of fused-ring (bicyclic) bond motifs is 1. The average Bonchev–Trinajstić information content (AvgIpc) is 3.19. The van der Waals surface area contributed by atoms with Crippen LogP contribution in [0.4, 0.5) is 5.95 Å². The number of amides is 1. The molecule has 0 bridgehead atoms. The van der Waals surface area contributed by atoms with Crippen molar-refractivity contribution in [2.75, 3.05) is 25.1 Å². The van der Waals surface area contributed by atoms with E-state index in [2.05, 4.69) is 15.3 Å². The minimum Gasteiger partial charge on any atom is -0.458 e. The van der Waals surface area contributed by atoms with Gasteiger partial charge in [-0.05, 0) is 52.7 Å². The van der Waals surface area contributed by atoms with Crippen LogP contribution in [0.2, 0.25) is 0 Å². The Kier molecular flexibility index (Phi) is 6.48. The van der Waals surface area contributed by atoms with Crippen LogP contribution in [0, 0.1) is 0 Å². The van der Waals surface area contributed by atoms with E-state index in [0.29, 0.717) is 30.5 Å². The molecule has 0 aliphatic carbocycles. The summed E-state index contributed by atoms with van der Waals surface area (Å²) in [5.74, 6) is 0.0679. The predicted molar refractivity (Wildman–Crippen MR) is 123 cm³/mol. The molecule has 2 aliphatic heterocycles. The molecule has 1 saturated heterocycles. The number of carbonyl (C=O) groups is 2. The number of hydrogen-bond acceptors (Lipinski definition) is 8. The number of anilines is 1. The van der Waals surface area contributed by atoms with Crippen LogP contribution in [0.5, 0.6) is 0 Å². The molecule has 1 unspecified atom stereocenters. The Morgan fingerprint density at radius 2 is 2.09 bits per heavy atom. The van der Waals surface area contributed by atoms with Gasteiger partial charge in [-0.15, -0.1) is 11.3 Å². The van der Waals surface area contributed by atoms with Crippen molar-refractivity contribution in [3.8, 4) is 10.6 Å². The van der Waals surface area contributed by atoms with Crippen LogP contribution in [0.15, 0.2) is 18.3 Å². The van der Waals surface area contributed by atoms with Crippen LogP contribution < -0.4 is 5.32 Å². The molecule has 8 nitrogen and oxygen atoms in total. The van der Waals surface area contributed by atoms with E-state index in [4.69, 9.17) is 9.47 Å². The molecule has 0 radical (unpaired) electrons. The zero-order valence-corrected chi connectivity index (χ0v) is 19.8. The quantitative estimate of drug-likeness (QED) is 0.685. The first-order valence-electron chi connectivity index (χ1n) is 11.1. The summed E-state index contributed by atoms with van der Waals surface area (Å²) >= 11 is 1.58. The topological polar surface area (TPSA) is 93.7 Å². The maximum Gasteiger partial charge on any atom is 0.329 e. The third-order valence-electron chi connectivity index (χ3n) is 5.56. The summed E-state index contributed by atoms with van der Waals surface area (Å²) in [4.78, 5) is 38.2. The third kappa shape index (κ3) is 5.10. The number of nitrogens with one attached hydrogen (secondary N) is 1. The van der Waals surface area contributed by atoms with E-state index >= 15 is 0 Å². The van der Waals surface area contributed by atoms with Crippen molar-refractivity contribution in [2.45, 2.75) is 64.6 Å². The van der Waals surface area contributed by atoms with Crippen molar-refractivity contribution >= 4 is 29.2 Å². The molecular weight excluding hydrogens is 428 g/mol. The summed E-state index contributed by atoms with van der Waals surface area (Å²) in [6.07, 6.45) is 4.31. The molecule has 0 spiro atoms. The Morgan fingerprint density at radius 3 is 2.81 bits per heavy atom. The van der Waals surface area contributed by atoms with Crippen molar-refractivity contribution in [2.24, 2.45) is 0 Å². The Hall–Kier alpha value is -2.52. The first-order valence-corrected chi connectivity index (χ1v) is 11.9. The molecule has 2 aliphatic rings. The molecule has 2 aromatic rings. The van der Waals surface area contributed by atoms with Crippen LogP contribution in [-0.2, 0) is 20.7 Å². The number of esters is 1. The van der Waals surface area contributed by atoms with E-state index in [1.54, 1.807) is 29.4 Å².